The smallest absolute Gasteiger partial charge is 0.262 e. The molecule has 1 rings (SSSR count). The summed E-state index contributed by atoms with van der Waals surface area (Å²) in [4.78, 5) is 24.6. The first-order valence-corrected chi connectivity index (χ1v) is 4.22. The molecule has 0 amide bonds. The molecule has 1 N–H and O–H groups in total. The van der Waals surface area contributed by atoms with Crippen molar-refractivity contribution in [3.8, 4) is 0 Å². The minimum absolute atomic E-state index is 0.0514. The van der Waals surface area contributed by atoms with Gasteiger partial charge in [-0.15, -0.1) is 0 Å². The Kier molecular flexibility index (Phi) is 2.47. The zero-order valence-electron chi connectivity index (χ0n) is 6.77. The molecule has 0 saturated carbocycles. The van der Waals surface area contributed by atoms with E-state index in [1.807, 2.05) is 0 Å². The van der Waals surface area contributed by atoms with Gasteiger partial charge in [-0.1, -0.05) is 0 Å². The second-order valence-corrected chi connectivity index (χ2v) is 3.40. The molecule has 4 heteroatoms. The minimum atomic E-state index is -0.211. The summed E-state index contributed by atoms with van der Waals surface area (Å²) in [5, 5.41) is 0. The van der Waals surface area contributed by atoms with Crippen LogP contribution in [0.15, 0.2) is 15.3 Å². The van der Waals surface area contributed by atoms with Crippen LogP contribution in [0.3, 0.4) is 0 Å². The lowest BCUT2D eigenvalue weighted by atomic mass is 10.1. The number of Topliss-reactive ketones (excluding diaryl/α,β-unsaturated/α-hetero) is 1. The summed E-state index contributed by atoms with van der Waals surface area (Å²) in [6.07, 6.45) is 0. The largest absolute Gasteiger partial charge is 0.325 e. The molecule has 1 aromatic rings. The molecule has 0 aromatic carbocycles. The van der Waals surface area contributed by atoms with Crippen molar-refractivity contribution in [2.24, 2.45) is 0 Å². The highest BCUT2D eigenvalue weighted by molar-refractivity contribution is 9.10. The number of pyridine rings is 1. The number of carbonyl (C=O) groups excluding carboxylic acids is 1. The van der Waals surface area contributed by atoms with E-state index in [2.05, 4.69) is 20.9 Å². The zero-order valence-corrected chi connectivity index (χ0v) is 8.36. The van der Waals surface area contributed by atoms with E-state index in [0.29, 0.717) is 15.7 Å². The van der Waals surface area contributed by atoms with Gasteiger partial charge in [0.2, 0.25) is 0 Å². The molecule has 64 valence electrons. The first-order valence-electron chi connectivity index (χ1n) is 3.42. The van der Waals surface area contributed by atoms with E-state index in [9.17, 15) is 9.59 Å². The molecule has 0 aliphatic heterocycles. The topological polar surface area (TPSA) is 49.9 Å². The standard InChI is InChI=1S/C8H8BrNO2/c1-4-6(5(2)11)3-7(9)8(12)10-4/h3H,1-2H3,(H,10,12). The number of H-pyrrole nitrogens is 1. The number of aryl methyl sites for hydroxylation is 1. The summed E-state index contributed by atoms with van der Waals surface area (Å²) in [5.74, 6) is -0.0514. The van der Waals surface area contributed by atoms with Crippen molar-refractivity contribution in [3.05, 3.63) is 32.2 Å². The lowest BCUT2D eigenvalue weighted by molar-refractivity contribution is 0.101. The van der Waals surface area contributed by atoms with Crippen LogP contribution in [0.1, 0.15) is 23.0 Å². The number of hydrogen-bond donors (Lipinski definition) is 1. The van der Waals surface area contributed by atoms with Crippen LogP contribution in [0, 0.1) is 6.92 Å². The molecule has 1 heterocycles. The Bertz CT molecular complexity index is 381. The average molecular weight is 230 g/mol. The number of aromatic amines is 1. The first kappa shape index (κ1) is 9.19. The summed E-state index contributed by atoms with van der Waals surface area (Å²) < 4.78 is 0.387. The second kappa shape index (κ2) is 3.23. The Morgan fingerprint density at radius 2 is 2.17 bits per heavy atom. The lowest BCUT2D eigenvalue weighted by Crippen LogP contribution is -2.12. The van der Waals surface area contributed by atoms with E-state index in [1.165, 1.54) is 13.0 Å². The van der Waals surface area contributed by atoms with Crippen LogP contribution >= 0.6 is 15.9 Å². The Labute approximate surface area is 77.9 Å². The van der Waals surface area contributed by atoms with Gasteiger partial charge in [0.1, 0.15) is 0 Å². The molecular formula is C8H8BrNO2. The van der Waals surface area contributed by atoms with Gasteiger partial charge in [0.15, 0.2) is 5.78 Å². The Morgan fingerprint density at radius 3 is 2.67 bits per heavy atom. The number of halogens is 1. The van der Waals surface area contributed by atoms with Gasteiger partial charge in [0, 0.05) is 11.3 Å². The van der Waals surface area contributed by atoms with Gasteiger partial charge < -0.3 is 4.98 Å². The third kappa shape index (κ3) is 1.64. The molecule has 0 spiro atoms. The molecule has 0 unspecified atom stereocenters. The molecule has 0 atom stereocenters. The number of hydrogen-bond acceptors (Lipinski definition) is 2. The van der Waals surface area contributed by atoms with E-state index >= 15 is 0 Å². The van der Waals surface area contributed by atoms with E-state index in [0.717, 1.165) is 0 Å². The average Bonchev–Trinajstić information content (AvgIpc) is 1.96. The van der Waals surface area contributed by atoms with Crippen molar-refractivity contribution in [1.29, 1.82) is 0 Å². The maximum absolute atomic E-state index is 11.0. The van der Waals surface area contributed by atoms with Crippen molar-refractivity contribution >= 4 is 21.7 Å². The Balaban J connectivity index is 3.43. The first-order chi connectivity index (χ1) is 5.52. The Hall–Kier alpha value is -0.900. The van der Waals surface area contributed by atoms with Crippen molar-refractivity contribution in [1.82, 2.24) is 4.98 Å². The molecule has 0 radical (unpaired) electrons. The number of carbonyl (C=O) groups is 1. The molecule has 0 saturated heterocycles. The molecule has 0 fully saturated rings. The van der Waals surface area contributed by atoms with Crippen LogP contribution in [0.4, 0.5) is 0 Å². The predicted molar refractivity (Wildman–Crippen MR) is 49.5 cm³/mol. The van der Waals surface area contributed by atoms with Crippen molar-refractivity contribution in [2.75, 3.05) is 0 Å². The van der Waals surface area contributed by atoms with Crippen LogP contribution in [0.2, 0.25) is 0 Å². The highest BCUT2D eigenvalue weighted by Gasteiger charge is 2.06. The fourth-order valence-corrected chi connectivity index (χ4v) is 1.29. The van der Waals surface area contributed by atoms with Gasteiger partial charge in [0.05, 0.1) is 4.47 Å². The number of aromatic nitrogens is 1. The van der Waals surface area contributed by atoms with Crippen LogP contribution in [-0.2, 0) is 0 Å². The summed E-state index contributed by atoms with van der Waals surface area (Å²) in [6, 6.07) is 1.54. The van der Waals surface area contributed by atoms with Crippen LogP contribution in [0.25, 0.3) is 0 Å². The van der Waals surface area contributed by atoms with Gasteiger partial charge in [-0.05, 0) is 35.8 Å². The van der Waals surface area contributed by atoms with Crippen LogP contribution in [-0.4, -0.2) is 10.8 Å². The SMILES string of the molecule is CC(=O)c1cc(Br)c(=O)[nH]c1C. The fraction of sp³-hybridized carbons (Fsp3) is 0.250. The highest BCUT2D eigenvalue weighted by Crippen LogP contribution is 2.09. The molecule has 0 aliphatic rings. The van der Waals surface area contributed by atoms with Gasteiger partial charge in [-0.2, -0.15) is 0 Å². The van der Waals surface area contributed by atoms with Gasteiger partial charge in [-0.25, -0.2) is 0 Å². The third-order valence-corrected chi connectivity index (χ3v) is 2.16. The molecule has 0 aliphatic carbocycles. The molecule has 0 bridgehead atoms. The Morgan fingerprint density at radius 1 is 1.58 bits per heavy atom. The number of ketones is 1. The quantitative estimate of drug-likeness (QED) is 0.745. The van der Waals surface area contributed by atoms with Crippen LogP contribution in [0.5, 0.6) is 0 Å². The zero-order chi connectivity index (χ0) is 9.30. The molecule has 1 aromatic heterocycles. The van der Waals surface area contributed by atoms with E-state index in [4.69, 9.17) is 0 Å². The minimum Gasteiger partial charge on any atom is -0.325 e. The van der Waals surface area contributed by atoms with Crippen LogP contribution < -0.4 is 5.56 Å². The van der Waals surface area contributed by atoms with Gasteiger partial charge in [-0.3, -0.25) is 9.59 Å². The van der Waals surface area contributed by atoms with Crippen molar-refractivity contribution in [2.45, 2.75) is 13.8 Å². The normalized spacial score (nSPS) is 9.92. The van der Waals surface area contributed by atoms with E-state index in [1.54, 1.807) is 6.92 Å². The van der Waals surface area contributed by atoms with E-state index < -0.39 is 0 Å². The van der Waals surface area contributed by atoms with Gasteiger partial charge in [0.25, 0.3) is 5.56 Å². The van der Waals surface area contributed by atoms with Crippen molar-refractivity contribution in [3.63, 3.8) is 0 Å². The fourth-order valence-electron chi connectivity index (χ4n) is 0.964. The maximum atomic E-state index is 11.0. The molecular weight excluding hydrogens is 222 g/mol. The van der Waals surface area contributed by atoms with Crippen molar-refractivity contribution < 1.29 is 4.79 Å². The summed E-state index contributed by atoms with van der Waals surface area (Å²) in [5.41, 5.74) is 0.940. The third-order valence-electron chi connectivity index (χ3n) is 1.57. The predicted octanol–water partition coefficient (Wildman–Crippen LogP) is 1.65. The number of rotatable bonds is 1. The lowest BCUT2D eigenvalue weighted by Gasteiger charge is -2.00. The number of nitrogens with one attached hydrogen (secondary N) is 1. The summed E-state index contributed by atoms with van der Waals surface area (Å²) in [6.45, 7) is 3.16. The second-order valence-electron chi connectivity index (χ2n) is 2.54. The summed E-state index contributed by atoms with van der Waals surface area (Å²) in [7, 11) is 0. The molecule has 3 nitrogen and oxygen atoms in total. The maximum Gasteiger partial charge on any atom is 0.262 e. The highest BCUT2D eigenvalue weighted by atomic mass is 79.9. The molecule has 12 heavy (non-hydrogen) atoms. The monoisotopic (exact) mass is 229 g/mol. The van der Waals surface area contributed by atoms with Gasteiger partial charge >= 0.3 is 0 Å². The summed E-state index contributed by atoms with van der Waals surface area (Å²) >= 11 is 3.05. The van der Waals surface area contributed by atoms with E-state index in [-0.39, 0.29) is 11.3 Å².